The Hall–Kier alpha value is -1.27. The van der Waals surface area contributed by atoms with Gasteiger partial charge in [0.05, 0.1) is 15.7 Å². The van der Waals surface area contributed by atoms with Gasteiger partial charge in [0.15, 0.2) is 0 Å². The summed E-state index contributed by atoms with van der Waals surface area (Å²) in [5.74, 6) is 0.494. The van der Waals surface area contributed by atoms with Gasteiger partial charge in [0, 0.05) is 22.8 Å². The van der Waals surface area contributed by atoms with E-state index in [0.29, 0.717) is 23.6 Å². The van der Waals surface area contributed by atoms with E-state index in [1.165, 1.54) is 24.3 Å². The standard InChI is InChI=1S/C9H12N2O3S/c10-6-1-7-15(14)9-4-2-8(3-5-9)11(12)13/h2-5H,1,6-7,10H2. The van der Waals surface area contributed by atoms with E-state index in [2.05, 4.69) is 0 Å². The van der Waals surface area contributed by atoms with Crippen molar-refractivity contribution in [2.24, 2.45) is 5.73 Å². The van der Waals surface area contributed by atoms with Crippen LogP contribution in [0.4, 0.5) is 5.69 Å². The van der Waals surface area contributed by atoms with Crippen LogP contribution in [-0.2, 0) is 10.8 Å². The summed E-state index contributed by atoms with van der Waals surface area (Å²) in [4.78, 5) is 10.5. The SMILES string of the molecule is NCCCS(=O)c1ccc([N+](=O)[O-])cc1. The van der Waals surface area contributed by atoms with Gasteiger partial charge in [-0.05, 0) is 25.1 Å². The summed E-state index contributed by atoms with van der Waals surface area (Å²) >= 11 is 0. The van der Waals surface area contributed by atoms with E-state index in [4.69, 9.17) is 5.73 Å². The minimum atomic E-state index is -1.11. The summed E-state index contributed by atoms with van der Waals surface area (Å²) in [5.41, 5.74) is 5.30. The van der Waals surface area contributed by atoms with Crippen molar-refractivity contribution in [3.8, 4) is 0 Å². The molecule has 0 aromatic heterocycles. The number of nitro benzene ring substituents is 1. The van der Waals surface area contributed by atoms with Crippen LogP contribution in [0.2, 0.25) is 0 Å². The zero-order valence-corrected chi connectivity index (χ0v) is 8.90. The van der Waals surface area contributed by atoms with Crippen molar-refractivity contribution in [2.45, 2.75) is 11.3 Å². The second-order valence-corrected chi connectivity index (χ2v) is 4.51. The van der Waals surface area contributed by atoms with Gasteiger partial charge >= 0.3 is 0 Å². The van der Waals surface area contributed by atoms with E-state index in [1.54, 1.807) is 0 Å². The van der Waals surface area contributed by atoms with Crippen LogP contribution < -0.4 is 5.73 Å². The number of benzene rings is 1. The number of non-ortho nitro benzene ring substituents is 1. The lowest BCUT2D eigenvalue weighted by Crippen LogP contribution is -2.06. The fraction of sp³-hybridized carbons (Fsp3) is 0.333. The average Bonchev–Trinajstić information content (AvgIpc) is 2.26. The molecule has 1 aromatic rings. The van der Waals surface area contributed by atoms with Gasteiger partial charge in [-0.1, -0.05) is 0 Å². The first-order chi connectivity index (χ1) is 7.15. The number of nitro groups is 1. The normalized spacial score (nSPS) is 12.3. The molecule has 6 heteroatoms. The minimum Gasteiger partial charge on any atom is -0.330 e. The van der Waals surface area contributed by atoms with Crippen molar-refractivity contribution in [3.63, 3.8) is 0 Å². The maximum absolute atomic E-state index is 11.6. The van der Waals surface area contributed by atoms with Crippen LogP contribution in [0, 0.1) is 10.1 Å². The molecule has 1 rings (SSSR count). The van der Waals surface area contributed by atoms with Crippen LogP contribution in [0.15, 0.2) is 29.2 Å². The summed E-state index contributed by atoms with van der Waals surface area (Å²) in [5, 5.41) is 10.4. The van der Waals surface area contributed by atoms with Gasteiger partial charge in [-0.25, -0.2) is 0 Å². The average molecular weight is 228 g/mol. The number of nitrogens with zero attached hydrogens (tertiary/aromatic N) is 1. The molecule has 82 valence electrons. The summed E-state index contributed by atoms with van der Waals surface area (Å²) in [6, 6.07) is 5.75. The van der Waals surface area contributed by atoms with Crippen LogP contribution in [-0.4, -0.2) is 21.4 Å². The van der Waals surface area contributed by atoms with Gasteiger partial charge in [-0.3, -0.25) is 14.3 Å². The van der Waals surface area contributed by atoms with Crippen molar-refractivity contribution < 1.29 is 9.13 Å². The highest BCUT2D eigenvalue weighted by atomic mass is 32.2. The first kappa shape index (κ1) is 11.8. The van der Waals surface area contributed by atoms with Crippen molar-refractivity contribution in [1.29, 1.82) is 0 Å². The van der Waals surface area contributed by atoms with Crippen LogP contribution >= 0.6 is 0 Å². The van der Waals surface area contributed by atoms with Gasteiger partial charge < -0.3 is 5.73 Å². The third kappa shape index (κ3) is 3.41. The molecule has 15 heavy (non-hydrogen) atoms. The summed E-state index contributed by atoms with van der Waals surface area (Å²) in [6.45, 7) is 0.499. The fourth-order valence-corrected chi connectivity index (χ4v) is 2.16. The molecule has 2 N–H and O–H groups in total. The summed E-state index contributed by atoms with van der Waals surface area (Å²) in [6.07, 6.45) is 0.684. The Morgan fingerprint density at radius 3 is 2.40 bits per heavy atom. The molecule has 0 aliphatic rings. The first-order valence-corrected chi connectivity index (χ1v) is 5.80. The molecule has 0 radical (unpaired) electrons. The van der Waals surface area contributed by atoms with Crippen LogP contribution in [0.3, 0.4) is 0 Å². The zero-order valence-electron chi connectivity index (χ0n) is 8.09. The van der Waals surface area contributed by atoms with Crippen molar-refractivity contribution in [1.82, 2.24) is 0 Å². The Bertz CT molecular complexity index is 364. The van der Waals surface area contributed by atoms with Gasteiger partial charge in [0.2, 0.25) is 0 Å². The fourth-order valence-electron chi connectivity index (χ4n) is 1.05. The van der Waals surface area contributed by atoms with Crippen LogP contribution in [0.1, 0.15) is 6.42 Å². The predicted octanol–water partition coefficient (Wildman–Crippen LogP) is 1.05. The third-order valence-corrected chi connectivity index (χ3v) is 3.30. The van der Waals surface area contributed by atoms with Crippen molar-refractivity contribution >= 4 is 16.5 Å². The molecule has 0 heterocycles. The van der Waals surface area contributed by atoms with E-state index in [9.17, 15) is 14.3 Å². The highest BCUT2D eigenvalue weighted by Crippen LogP contribution is 2.14. The molecule has 0 spiro atoms. The van der Waals surface area contributed by atoms with Gasteiger partial charge in [-0.2, -0.15) is 0 Å². The van der Waals surface area contributed by atoms with E-state index < -0.39 is 15.7 Å². The zero-order chi connectivity index (χ0) is 11.3. The van der Waals surface area contributed by atoms with E-state index >= 15 is 0 Å². The molecule has 0 amide bonds. The highest BCUT2D eigenvalue weighted by Gasteiger charge is 2.07. The maximum Gasteiger partial charge on any atom is 0.269 e. The second-order valence-electron chi connectivity index (χ2n) is 2.94. The molecule has 0 saturated carbocycles. The first-order valence-electron chi connectivity index (χ1n) is 4.48. The molecule has 0 saturated heterocycles. The Kier molecular flexibility index (Phi) is 4.38. The Balaban J connectivity index is 2.71. The monoisotopic (exact) mass is 228 g/mol. The summed E-state index contributed by atoms with van der Waals surface area (Å²) < 4.78 is 11.6. The highest BCUT2D eigenvalue weighted by molar-refractivity contribution is 7.85. The number of hydrogen-bond donors (Lipinski definition) is 1. The lowest BCUT2D eigenvalue weighted by Gasteiger charge is -2.00. The molecule has 0 bridgehead atoms. The predicted molar refractivity (Wildman–Crippen MR) is 58.0 cm³/mol. The minimum absolute atomic E-state index is 0.00887. The van der Waals surface area contributed by atoms with Gasteiger partial charge in [0.25, 0.3) is 5.69 Å². The largest absolute Gasteiger partial charge is 0.330 e. The van der Waals surface area contributed by atoms with E-state index in [0.717, 1.165) is 0 Å². The molecule has 1 unspecified atom stereocenters. The maximum atomic E-state index is 11.6. The third-order valence-electron chi connectivity index (χ3n) is 1.84. The van der Waals surface area contributed by atoms with E-state index in [-0.39, 0.29) is 5.69 Å². The van der Waals surface area contributed by atoms with Gasteiger partial charge in [-0.15, -0.1) is 0 Å². The molecule has 5 nitrogen and oxygen atoms in total. The van der Waals surface area contributed by atoms with Gasteiger partial charge in [0.1, 0.15) is 0 Å². The number of rotatable bonds is 5. The molecule has 0 fully saturated rings. The number of nitrogens with two attached hydrogens (primary N) is 1. The molecule has 1 atom stereocenters. The lowest BCUT2D eigenvalue weighted by atomic mass is 10.3. The molecular formula is C9H12N2O3S. The van der Waals surface area contributed by atoms with Crippen molar-refractivity contribution in [3.05, 3.63) is 34.4 Å². The second kappa shape index (κ2) is 5.57. The number of hydrogen-bond acceptors (Lipinski definition) is 4. The Labute approximate surface area is 89.9 Å². The Morgan fingerprint density at radius 1 is 1.33 bits per heavy atom. The summed E-state index contributed by atoms with van der Waals surface area (Å²) in [7, 11) is -1.11. The quantitative estimate of drug-likeness (QED) is 0.603. The molecular weight excluding hydrogens is 216 g/mol. The molecule has 0 aliphatic heterocycles. The molecule has 0 aliphatic carbocycles. The van der Waals surface area contributed by atoms with Crippen LogP contribution in [0.25, 0.3) is 0 Å². The van der Waals surface area contributed by atoms with Crippen molar-refractivity contribution in [2.75, 3.05) is 12.3 Å². The lowest BCUT2D eigenvalue weighted by molar-refractivity contribution is -0.384. The van der Waals surface area contributed by atoms with E-state index in [1.807, 2.05) is 0 Å². The smallest absolute Gasteiger partial charge is 0.269 e. The Morgan fingerprint density at radius 2 is 1.93 bits per heavy atom. The topological polar surface area (TPSA) is 86.2 Å². The molecule has 1 aromatic carbocycles. The van der Waals surface area contributed by atoms with Crippen LogP contribution in [0.5, 0.6) is 0 Å².